The van der Waals surface area contributed by atoms with Crippen molar-refractivity contribution in [3.63, 3.8) is 0 Å². The summed E-state index contributed by atoms with van der Waals surface area (Å²) in [6, 6.07) is 6.43. The minimum absolute atomic E-state index is 0.0123. The van der Waals surface area contributed by atoms with E-state index in [1.54, 1.807) is 12.1 Å². The molecule has 2 N–H and O–H groups in total. The summed E-state index contributed by atoms with van der Waals surface area (Å²) < 4.78 is 13.1. The Morgan fingerprint density at radius 3 is 2.34 bits per heavy atom. The van der Waals surface area contributed by atoms with Gasteiger partial charge in [-0.2, -0.15) is 0 Å². The first-order chi connectivity index (χ1) is 13.8. The Kier molecular flexibility index (Phi) is 7.30. The van der Waals surface area contributed by atoms with Crippen LogP contribution < -0.4 is 0 Å². The van der Waals surface area contributed by atoms with E-state index in [-0.39, 0.29) is 18.1 Å². The molecule has 1 amide bonds. The largest absolute Gasteiger partial charge is 0.389 e. The quantitative estimate of drug-likeness (QED) is 0.762. The Balaban J connectivity index is 1.51. The van der Waals surface area contributed by atoms with E-state index in [0.717, 1.165) is 31.2 Å². The maximum Gasteiger partial charge on any atom is 0.225 e. The van der Waals surface area contributed by atoms with Gasteiger partial charge in [-0.3, -0.25) is 9.69 Å². The number of halogens is 1. The number of carbonyl (C=O) groups is 1. The molecule has 3 rings (SSSR count). The molecule has 1 aliphatic carbocycles. The number of rotatable bonds is 6. The van der Waals surface area contributed by atoms with Crippen LogP contribution in [0.2, 0.25) is 0 Å². The number of carbonyl (C=O) groups excluding carboxylic acids is 1. The highest BCUT2D eigenvalue weighted by Crippen LogP contribution is 2.32. The third kappa shape index (κ3) is 6.49. The lowest BCUT2D eigenvalue weighted by Gasteiger charge is -2.34. The van der Waals surface area contributed by atoms with Gasteiger partial charge in [-0.1, -0.05) is 31.4 Å². The Morgan fingerprint density at radius 2 is 1.66 bits per heavy atom. The van der Waals surface area contributed by atoms with Crippen LogP contribution in [0.4, 0.5) is 4.39 Å². The van der Waals surface area contributed by atoms with E-state index in [2.05, 4.69) is 4.90 Å². The van der Waals surface area contributed by atoms with Crippen molar-refractivity contribution in [1.82, 2.24) is 9.80 Å². The van der Waals surface area contributed by atoms with E-state index < -0.39 is 11.2 Å². The van der Waals surface area contributed by atoms with Crippen LogP contribution >= 0.6 is 0 Å². The van der Waals surface area contributed by atoms with E-state index in [1.807, 2.05) is 11.9 Å². The normalized spacial score (nSPS) is 25.1. The van der Waals surface area contributed by atoms with Crippen LogP contribution in [0.15, 0.2) is 24.3 Å². The fourth-order valence-corrected chi connectivity index (χ4v) is 4.83. The standard InChI is InChI=1S/C23H35FN2O3/c1-25(17-19-6-8-20(24)9-7-19)18-23(29)12-5-14-26(15-13-23)21(27)16-22(28)10-3-2-4-11-22/h6-9,28-29H,2-5,10-18H2,1H3/t23-/m1/s1. The SMILES string of the molecule is CN(Cc1ccc(F)cc1)C[C@@]1(O)CCCN(C(=O)CC2(O)CCCCC2)CC1. The number of benzene rings is 1. The summed E-state index contributed by atoms with van der Waals surface area (Å²) in [4.78, 5) is 16.6. The molecule has 1 saturated carbocycles. The van der Waals surface area contributed by atoms with E-state index >= 15 is 0 Å². The molecule has 162 valence electrons. The highest BCUT2D eigenvalue weighted by Gasteiger charge is 2.36. The minimum atomic E-state index is -0.842. The predicted octanol–water partition coefficient (Wildman–Crippen LogP) is 3.09. The first-order valence-corrected chi connectivity index (χ1v) is 10.9. The number of hydrogen-bond donors (Lipinski definition) is 2. The number of likely N-dealkylation sites (tertiary alicyclic amines) is 1. The van der Waals surface area contributed by atoms with Crippen LogP contribution in [0.3, 0.4) is 0 Å². The monoisotopic (exact) mass is 406 g/mol. The average molecular weight is 407 g/mol. The highest BCUT2D eigenvalue weighted by atomic mass is 19.1. The molecule has 1 saturated heterocycles. The zero-order chi connectivity index (χ0) is 20.9. The first-order valence-electron chi connectivity index (χ1n) is 10.9. The van der Waals surface area contributed by atoms with Crippen LogP contribution in [0.5, 0.6) is 0 Å². The molecule has 1 aromatic carbocycles. The summed E-state index contributed by atoms with van der Waals surface area (Å²) in [5, 5.41) is 21.8. The Bertz CT molecular complexity index is 675. The van der Waals surface area contributed by atoms with Crippen molar-refractivity contribution in [2.45, 2.75) is 75.5 Å². The van der Waals surface area contributed by atoms with E-state index in [4.69, 9.17) is 0 Å². The van der Waals surface area contributed by atoms with Crippen LogP contribution in [0.25, 0.3) is 0 Å². The maximum atomic E-state index is 13.1. The van der Waals surface area contributed by atoms with Gasteiger partial charge in [-0.15, -0.1) is 0 Å². The van der Waals surface area contributed by atoms with Crippen molar-refractivity contribution < 1.29 is 19.4 Å². The third-order valence-electron chi connectivity index (χ3n) is 6.46. The Hall–Kier alpha value is -1.50. The lowest BCUT2D eigenvalue weighted by atomic mass is 9.82. The summed E-state index contributed by atoms with van der Waals surface area (Å²) in [6.45, 7) is 2.31. The molecular weight excluding hydrogens is 371 g/mol. The summed E-state index contributed by atoms with van der Waals surface area (Å²) in [6.07, 6.45) is 6.68. The molecule has 6 heteroatoms. The first kappa shape index (κ1) is 22.2. The van der Waals surface area contributed by atoms with Crippen LogP contribution in [-0.4, -0.2) is 63.8 Å². The molecule has 2 fully saturated rings. The van der Waals surface area contributed by atoms with E-state index in [0.29, 0.717) is 51.9 Å². The van der Waals surface area contributed by atoms with E-state index in [9.17, 15) is 19.4 Å². The van der Waals surface area contributed by atoms with Gasteiger partial charge in [0.25, 0.3) is 0 Å². The van der Waals surface area contributed by atoms with Gasteiger partial charge in [-0.25, -0.2) is 4.39 Å². The fraction of sp³-hybridized carbons (Fsp3) is 0.696. The number of amides is 1. The minimum Gasteiger partial charge on any atom is -0.389 e. The Labute approximate surface area is 173 Å². The van der Waals surface area contributed by atoms with E-state index in [1.165, 1.54) is 12.1 Å². The fourth-order valence-electron chi connectivity index (χ4n) is 4.83. The van der Waals surface area contributed by atoms with Gasteiger partial charge >= 0.3 is 0 Å². The highest BCUT2D eigenvalue weighted by molar-refractivity contribution is 5.77. The van der Waals surface area contributed by atoms with Gasteiger partial charge in [0.05, 0.1) is 17.6 Å². The molecule has 1 aliphatic heterocycles. The summed E-state index contributed by atoms with van der Waals surface area (Å²) in [5.41, 5.74) is -0.678. The second-order valence-electron chi connectivity index (χ2n) is 9.22. The molecule has 29 heavy (non-hydrogen) atoms. The molecule has 0 spiro atoms. The maximum absolute atomic E-state index is 13.1. The zero-order valence-electron chi connectivity index (χ0n) is 17.6. The van der Waals surface area contributed by atoms with Crippen LogP contribution in [0.1, 0.15) is 63.4 Å². The lowest BCUT2D eigenvalue weighted by molar-refractivity contribution is -0.138. The number of hydrogen-bond acceptors (Lipinski definition) is 4. The number of aliphatic hydroxyl groups is 2. The predicted molar refractivity (Wildman–Crippen MR) is 111 cm³/mol. The molecule has 0 aromatic heterocycles. The second kappa shape index (κ2) is 9.54. The van der Waals surface area contributed by atoms with Gasteiger partial charge in [0.2, 0.25) is 5.91 Å². The summed E-state index contributed by atoms with van der Waals surface area (Å²) in [7, 11) is 1.95. The van der Waals surface area contributed by atoms with Crippen molar-refractivity contribution in [2.75, 3.05) is 26.7 Å². The van der Waals surface area contributed by atoms with Crippen LogP contribution in [0, 0.1) is 5.82 Å². The van der Waals surface area contributed by atoms with Gasteiger partial charge in [0.1, 0.15) is 5.82 Å². The number of likely N-dealkylation sites (N-methyl/N-ethyl adjacent to an activating group) is 1. The van der Waals surface area contributed by atoms with Gasteiger partial charge in [0.15, 0.2) is 0 Å². The van der Waals surface area contributed by atoms with Gasteiger partial charge in [-0.05, 0) is 56.8 Å². The van der Waals surface area contributed by atoms with Crippen LogP contribution in [-0.2, 0) is 11.3 Å². The molecule has 0 bridgehead atoms. The number of nitrogens with zero attached hydrogens (tertiary/aromatic N) is 2. The second-order valence-corrected chi connectivity index (χ2v) is 9.22. The average Bonchev–Trinajstić information content (AvgIpc) is 2.85. The molecule has 1 atom stereocenters. The molecular formula is C23H35FN2O3. The topological polar surface area (TPSA) is 64.0 Å². The van der Waals surface area contributed by atoms with Crippen molar-refractivity contribution >= 4 is 5.91 Å². The van der Waals surface area contributed by atoms with Crippen molar-refractivity contribution in [1.29, 1.82) is 0 Å². The molecule has 0 radical (unpaired) electrons. The lowest BCUT2D eigenvalue weighted by Crippen LogP contribution is -2.43. The summed E-state index contributed by atoms with van der Waals surface area (Å²) in [5.74, 6) is -0.236. The molecule has 1 aromatic rings. The van der Waals surface area contributed by atoms with Crippen molar-refractivity contribution in [3.05, 3.63) is 35.6 Å². The Morgan fingerprint density at radius 1 is 1.00 bits per heavy atom. The molecule has 2 aliphatic rings. The zero-order valence-corrected chi connectivity index (χ0v) is 17.6. The smallest absolute Gasteiger partial charge is 0.225 e. The third-order valence-corrected chi connectivity index (χ3v) is 6.46. The molecule has 1 heterocycles. The summed E-state index contributed by atoms with van der Waals surface area (Å²) >= 11 is 0. The molecule has 0 unspecified atom stereocenters. The van der Waals surface area contributed by atoms with Gasteiger partial charge in [0, 0.05) is 26.2 Å². The van der Waals surface area contributed by atoms with Crippen molar-refractivity contribution in [2.24, 2.45) is 0 Å². The molecule has 5 nitrogen and oxygen atoms in total. The van der Waals surface area contributed by atoms with Gasteiger partial charge < -0.3 is 15.1 Å². The van der Waals surface area contributed by atoms with Crippen molar-refractivity contribution in [3.8, 4) is 0 Å².